The highest BCUT2D eigenvalue weighted by atomic mass is 15.1. The molecule has 0 saturated heterocycles. The summed E-state index contributed by atoms with van der Waals surface area (Å²) in [6, 6.07) is 88.6. The molecule has 10 aromatic carbocycles. The minimum atomic E-state index is -0.118. The number of anilines is 3. The lowest BCUT2D eigenvalue weighted by Crippen LogP contribution is -2.15. The molecule has 308 valence electrons. The smallest absolute Gasteiger partial charge is 0.0541 e. The van der Waals surface area contributed by atoms with Crippen molar-refractivity contribution in [2.45, 2.75) is 19.3 Å². The number of para-hydroxylation sites is 2. The van der Waals surface area contributed by atoms with Gasteiger partial charge in [-0.1, -0.05) is 184 Å². The van der Waals surface area contributed by atoms with Crippen molar-refractivity contribution < 1.29 is 0 Å². The summed E-state index contributed by atoms with van der Waals surface area (Å²) in [5.74, 6) is 0. The molecule has 0 radical (unpaired) electrons. The SMILES string of the molecule is CC1(C)c2cc(-c3ccc(N(c4ccc(-c5ccccc5)cc4)c4ccc(-c5ccc6c(c5)c5ccccc5n6-c5ccccc5)cc4)cc3)ccc2-c2c(-c3ccccc3)cccc21. The fourth-order valence-electron chi connectivity index (χ4n) is 10.3. The Morgan fingerprint density at radius 1 is 0.323 bits per heavy atom. The van der Waals surface area contributed by atoms with E-state index in [1.807, 2.05) is 0 Å². The maximum atomic E-state index is 2.43. The number of hydrogen-bond acceptors (Lipinski definition) is 1. The molecule has 0 bridgehead atoms. The first-order valence-corrected chi connectivity index (χ1v) is 22.6. The quantitative estimate of drug-likeness (QED) is 0.148. The highest BCUT2D eigenvalue weighted by molar-refractivity contribution is 6.10. The fourth-order valence-corrected chi connectivity index (χ4v) is 10.3. The van der Waals surface area contributed by atoms with Crippen LogP contribution in [0.2, 0.25) is 0 Å². The lowest BCUT2D eigenvalue weighted by atomic mass is 9.81. The zero-order valence-electron chi connectivity index (χ0n) is 36.5. The van der Waals surface area contributed by atoms with Gasteiger partial charge in [0.05, 0.1) is 11.0 Å². The Hall–Kier alpha value is -8.20. The minimum absolute atomic E-state index is 0.118. The van der Waals surface area contributed by atoms with Crippen LogP contribution in [-0.2, 0) is 5.41 Å². The second-order valence-corrected chi connectivity index (χ2v) is 17.7. The molecule has 2 heteroatoms. The Balaban J connectivity index is 0.904. The summed E-state index contributed by atoms with van der Waals surface area (Å²) in [7, 11) is 0. The molecule has 2 nitrogen and oxygen atoms in total. The van der Waals surface area contributed by atoms with Gasteiger partial charge in [0.2, 0.25) is 0 Å². The standard InChI is InChI=1S/C63H46N2/c1-63(2)58-23-14-22-54(47-17-8-4-9-18-47)62(58)56-39-31-49(42-59(56)63)46-29-37-53(38-30-46)64(51-33-25-44(26-34-51)43-15-6-3-7-16-43)52-35-27-45(28-36-52)48-32-40-61-57(41-48)55-21-12-13-24-60(55)65(61)50-19-10-5-11-20-50/h3-42H,1-2H3. The Labute approximate surface area is 381 Å². The number of rotatable bonds is 8. The third-order valence-corrected chi connectivity index (χ3v) is 13.6. The third-order valence-electron chi connectivity index (χ3n) is 13.6. The molecule has 1 heterocycles. The normalized spacial score (nSPS) is 12.6. The predicted octanol–water partition coefficient (Wildman–Crippen LogP) is 17.2. The van der Waals surface area contributed by atoms with Crippen molar-refractivity contribution in [3.63, 3.8) is 0 Å². The Bertz CT molecular complexity index is 3510. The molecule has 0 aliphatic heterocycles. The average Bonchev–Trinajstić information content (AvgIpc) is 3.83. The van der Waals surface area contributed by atoms with Gasteiger partial charge in [0.1, 0.15) is 0 Å². The molecule has 12 rings (SSSR count). The zero-order chi connectivity index (χ0) is 43.5. The largest absolute Gasteiger partial charge is 0.311 e. The number of nitrogens with zero attached hydrogens (tertiary/aromatic N) is 2. The maximum Gasteiger partial charge on any atom is 0.0541 e. The molecule has 11 aromatic rings. The first-order chi connectivity index (χ1) is 32.0. The summed E-state index contributed by atoms with van der Waals surface area (Å²) in [6.07, 6.45) is 0. The van der Waals surface area contributed by atoms with E-state index in [-0.39, 0.29) is 5.41 Å². The molecule has 0 fully saturated rings. The van der Waals surface area contributed by atoms with Gasteiger partial charge in [-0.15, -0.1) is 0 Å². The Morgan fingerprint density at radius 3 is 1.43 bits per heavy atom. The van der Waals surface area contributed by atoms with Gasteiger partial charge in [0, 0.05) is 38.9 Å². The third kappa shape index (κ3) is 6.57. The molecule has 0 atom stereocenters. The summed E-state index contributed by atoms with van der Waals surface area (Å²) in [5.41, 5.74) is 22.0. The first-order valence-electron chi connectivity index (χ1n) is 22.6. The van der Waals surface area contributed by atoms with Gasteiger partial charge >= 0.3 is 0 Å². The van der Waals surface area contributed by atoms with Crippen LogP contribution in [0.15, 0.2) is 243 Å². The van der Waals surface area contributed by atoms with Crippen LogP contribution in [0, 0.1) is 0 Å². The lowest BCUT2D eigenvalue weighted by Gasteiger charge is -2.26. The van der Waals surface area contributed by atoms with E-state index in [1.165, 1.54) is 94.3 Å². The van der Waals surface area contributed by atoms with Gasteiger partial charge in [-0.3, -0.25) is 0 Å². The molecule has 1 aliphatic rings. The van der Waals surface area contributed by atoms with Crippen LogP contribution in [0.25, 0.3) is 83.1 Å². The molecule has 0 unspecified atom stereocenters. The topological polar surface area (TPSA) is 8.17 Å². The van der Waals surface area contributed by atoms with E-state index in [2.05, 4.69) is 266 Å². The molecule has 0 N–H and O–H groups in total. The van der Waals surface area contributed by atoms with Crippen molar-refractivity contribution in [3.05, 3.63) is 254 Å². The molecular formula is C63H46N2. The number of benzene rings is 10. The van der Waals surface area contributed by atoms with Crippen molar-refractivity contribution in [1.29, 1.82) is 0 Å². The van der Waals surface area contributed by atoms with Crippen LogP contribution in [0.5, 0.6) is 0 Å². The highest BCUT2D eigenvalue weighted by Crippen LogP contribution is 2.53. The van der Waals surface area contributed by atoms with E-state index in [4.69, 9.17) is 0 Å². The molecule has 1 aromatic heterocycles. The summed E-state index contributed by atoms with van der Waals surface area (Å²) in [6.45, 7) is 4.74. The fraction of sp³-hybridized carbons (Fsp3) is 0.0476. The predicted molar refractivity (Wildman–Crippen MR) is 275 cm³/mol. The lowest BCUT2D eigenvalue weighted by molar-refractivity contribution is 0.660. The van der Waals surface area contributed by atoms with E-state index < -0.39 is 0 Å². The van der Waals surface area contributed by atoms with Crippen LogP contribution in [0.1, 0.15) is 25.0 Å². The van der Waals surface area contributed by atoms with Crippen LogP contribution < -0.4 is 4.90 Å². The molecule has 0 saturated carbocycles. The van der Waals surface area contributed by atoms with Crippen molar-refractivity contribution in [2.75, 3.05) is 4.90 Å². The van der Waals surface area contributed by atoms with E-state index in [1.54, 1.807) is 0 Å². The van der Waals surface area contributed by atoms with Gasteiger partial charge in [-0.2, -0.15) is 0 Å². The highest BCUT2D eigenvalue weighted by Gasteiger charge is 2.37. The van der Waals surface area contributed by atoms with E-state index in [0.717, 1.165) is 17.1 Å². The summed E-state index contributed by atoms with van der Waals surface area (Å²) < 4.78 is 2.37. The van der Waals surface area contributed by atoms with Crippen molar-refractivity contribution >= 4 is 38.9 Å². The maximum absolute atomic E-state index is 2.43. The van der Waals surface area contributed by atoms with Crippen LogP contribution in [-0.4, -0.2) is 4.57 Å². The van der Waals surface area contributed by atoms with Gasteiger partial charge in [-0.05, 0) is 140 Å². The monoisotopic (exact) mass is 830 g/mol. The zero-order valence-corrected chi connectivity index (χ0v) is 36.5. The molecule has 0 spiro atoms. The number of aromatic nitrogens is 1. The Kier molecular flexibility index (Phi) is 9.21. The Morgan fingerprint density at radius 2 is 0.800 bits per heavy atom. The summed E-state index contributed by atoms with van der Waals surface area (Å²) in [4.78, 5) is 2.37. The van der Waals surface area contributed by atoms with Gasteiger partial charge in [-0.25, -0.2) is 0 Å². The van der Waals surface area contributed by atoms with Crippen molar-refractivity contribution in [3.8, 4) is 61.3 Å². The summed E-state index contributed by atoms with van der Waals surface area (Å²) in [5, 5.41) is 2.50. The van der Waals surface area contributed by atoms with Crippen molar-refractivity contribution in [1.82, 2.24) is 4.57 Å². The second kappa shape index (κ2) is 15.6. The van der Waals surface area contributed by atoms with Gasteiger partial charge < -0.3 is 9.47 Å². The minimum Gasteiger partial charge on any atom is -0.311 e. The van der Waals surface area contributed by atoms with Crippen LogP contribution >= 0.6 is 0 Å². The molecular weight excluding hydrogens is 785 g/mol. The molecule has 0 amide bonds. The van der Waals surface area contributed by atoms with Gasteiger partial charge in [0.25, 0.3) is 0 Å². The molecule has 65 heavy (non-hydrogen) atoms. The van der Waals surface area contributed by atoms with E-state index >= 15 is 0 Å². The van der Waals surface area contributed by atoms with Gasteiger partial charge in [0.15, 0.2) is 0 Å². The van der Waals surface area contributed by atoms with Crippen molar-refractivity contribution in [2.24, 2.45) is 0 Å². The van der Waals surface area contributed by atoms with E-state index in [9.17, 15) is 0 Å². The molecule has 1 aliphatic carbocycles. The van der Waals surface area contributed by atoms with Crippen LogP contribution in [0.3, 0.4) is 0 Å². The average molecular weight is 831 g/mol. The number of hydrogen-bond donors (Lipinski definition) is 0. The van der Waals surface area contributed by atoms with E-state index in [0.29, 0.717) is 0 Å². The number of fused-ring (bicyclic) bond motifs is 6. The van der Waals surface area contributed by atoms with Crippen LogP contribution in [0.4, 0.5) is 17.1 Å². The summed E-state index contributed by atoms with van der Waals surface area (Å²) >= 11 is 0. The first kappa shape index (κ1) is 38.5. The second-order valence-electron chi connectivity index (χ2n) is 17.7.